The lowest BCUT2D eigenvalue weighted by atomic mass is 9.97. The Balaban J connectivity index is 0.00000121. The van der Waals surface area contributed by atoms with Crippen LogP contribution < -0.4 is 5.32 Å². The van der Waals surface area contributed by atoms with Crippen molar-refractivity contribution in [3.63, 3.8) is 0 Å². The van der Waals surface area contributed by atoms with Crippen molar-refractivity contribution in [2.75, 3.05) is 52.5 Å². The van der Waals surface area contributed by atoms with Crippen LogP contribution in [0.5, 0.6) is 0 Å². The lowest BCUT2D eigenvalue weighted by Crippen LogP contribution is -2.50. The normalized spacial score (nSPS) is 29.5. The van der Waals surface area contributed by atoms with Gasteiger partial charge in [-0.2, -0.15) is 0 Å². The van der Waals surface area contributed by atoms with Crippen LogP contribution in [-0.4, -0.2) is 74.2 Å². The Morgan fingerprint density at radius 2 is 1.86 bits per heavy atom. The van der Waals surface area contributed by atoms with Gasteiger partial charge < -0.3 is 15.0 Å². The van der Waals surface area contributed by atoms with E-state index in [0.717, 1.165) is 65.3 Å². The molecule has 3 aliphatic heterocycles. The van der Waals surface area contributed by atoms with E-state index in [4.69, 9.17) is 4.74 Å². The molecule has 5 nitrogen and oxygen atoms in total. The highest BCUT2D eigenvalue weighted by Crippen LogP contribution is 2.23. The van der Waals surface area contributed by atoms with E-state index in [-0.39, 0.29) is 30.7 Å². The molecule has 3 fully saturated rings. The number of nitrogens with one attached hydrogen (secondary N) is 1. The van der Waals surface area contributed by atoms with Crippen LogP contribution in [0.2, 0.25) is 0 Å². The van der Waals surface area contributed by atoms with Crippen LogP contribution in [0.25, 0.3) is 0 Å². The van der Waals surface area contributed by atoms with Crippen LogP contribution in [0.3, 0.4) is 0 Å². The maximum atomic E-state index is 12.7. The van der Waals surface area contributed by atoms with Gasteiger partial charge in [0.1, 0.15) is 0 Å². The summed E-state index contributed by atoms with van der Waals surface area (Å²) in [6.45, 7) is 7.66. The van der Waals surface area contributed by atoms with Crippen molar-refractivity contribution in [2.45, 2.75) is 31.7 Å². The first-order valence-corrected chi connectivity index (χ1v) is 8.16. The summed E-state index contributed by atoms with van der Waals surface area (Å²) in [6.07, 6.45) is 4.54. The van der Waals surface area contributed by atoms with Gasteiger partial charge in [-0.15, -0.1) is 24.8 Å². The predicted molar refractivity (Wildman–Crippen MR) is 92.1 cm³/mol. The molecule has 2 atom stereocenters. The van der Waals surface area contributed by atoms with Crippen LogP contribution in [-0.2, 0) is 9.53 Å². The lowest BCUT2D eigenvalue weighted by molar-refractivity contribution is -0.137. The third-order valence-corrected chi connectivity index (χ3v) is 4.88. The first-order valence-electron chi connectivity index (χ1n) is 8.16. The Bertz CT molecular complexity index is 335. The molecule has 22 heavy (non-hydrogen) atoms. The minimum atomic E-state index is 0. The van der Waals surface area contributed by atoms with Crippen molar-refractivity contribution in [3.8, 4) is 0 Å². The molecular weight excluding hydrogens is 325 g/mol. The second kappa shape index (κ2) is 9.93. The van der Waals surface area contributed by atoms with E-state index >= 15 is 0 Å². The number of hydrogen-bond donors (Lipinski definition) is 1. The Hall–Kier alpha value is -0.0700. The molecule has 3 rings (SSSR count). The second-order valence-corrected chi connectivity index (χ2v) is 6.28. The molecule has 3 saturated heterocycles. The maximum absolute atomic E-state index is 12.7. The van der Waals surface area contributed by atoms with E-state index in [1.54, 1.807) is 0 Å². The van der Waals surface area contributed by atoms with E-state index in [1.165, 1.54) is 12.8 Å². The number of nitrogens with zero attached hydrogens (tertiary/aromatic N) is 2. The van der Waals surface area contributed by atoms with E-state index in [0.29, 0.717) is 11.9 Å². The van der Waals surface area contributed by atoms with Gasteiger partial charge in [0.05, 0.1) is 19.1 Å². The van der Waals surface area contributed by atoms with Gasteiger partial charge in [0, 0.05) is 38.8 Å². The number of piperidine rings is 1. The number of likely N-dealkylation sites (tertiary alicyclic amines) is 1. The van der Waals surface area contributed by atoms with E-state index in [2.05, 4.69) is 15.1 Å². The minimum absolute atomic E-state index is 0. The Morgan fingerprint density at radius 1 is 1.09 bits per heavy atom. The summed E-state index contributed by atoms with van der Waals surface area (Å²) in [5.41, 5.74) is 0. The second-order valence-electron chi connectivity index (χ2n) is 6.28. The Labute approximate surface area is 145 Å². The fraction of sp³-hybridized carbons (Fsp3) is 0.933. The summed E-state index contributed by atoms with van der Waals surface area (Å²) in [5, 5.41) is 3.36. The number of amides is 1. The highest BCUT2D eigenvalue weighted by molar-refractivity contribution is 5.85. The number of morpholine rings is 1. The molecule has 0 aromatic carbocycles. The van der Waals surface area contributed by atoms with Crippen molar-refractivity contribution in [3.05, 3.63) is 0 Å². The number of halogens is 2. The van der Waals surface area contributed by atoms with Gasteiger partial charge in [-0.25, -0.2) is 0 Å². The molecule has 0 saturated carbocycles. The topological polar surface area (TPSA) is 44.8 Å². The van der Waals surface area contributed by atoms with Gasteiger partial charge in [-0.1, -0.05) is 0 Å². The van der Waals surface area contributed by atoms with Crippen molar-refractivity contribution < 1.29 is 9.53 Å². The molecule has 1 amide bonds. The Morgan fingerprint density at radius 3 is 2.55 bits per heavy atom. The average Bonchev–Trinajstić information content (AvgIpc) is 2.96. The quantitative estimate of drug-likeness (QED) is 0.826. The number of rotatable bonds is 3. The monoisotopic (exact) mass is 353 g/mol. The molecule has 1 N–H and O–H groups in total. The lowest BCUT2D eigenvalue weighted by Gasteiger charge is -2.35. The van der Waals surface area contributed by atoms with Gasteiger partial charge in [-0.05, 0) is 32.2 Å². The fourth-order valence-corrected chi connectivity index (χ4v) is 3.69. The summed E-state index contributed by atoms with van der Waals surface area (Å²) in [6, 6.07) is 0.433. The van der Waals surface area contributed by atoms with Gasteiger partial charge in [0.25, 0.3) is 0 Å². The zero-order chi connectivity index (χ0) is 13.8. The fourth-order valence-electron chi connectivity index (χ4n) is 3.69. The molecule has 7 heteroatoms. The minimum Gasteiger partial charge on any atom is -0.379 e. The zero-order valence-electron chi connectivity index (χ0n) is 13.2. The van der Waals surface area contributed by atoms with Gasteiger partial charge in [-0.3, -0.25) is 9.69 Å². The summed E-state index contributed by atoms with van der Waals surface area (Å²) >= 11 is 0. The summed E-state index contributed by atoms with van der Waals surface area (Å²) in [5.74, 6) is 0.613. The smallest absolute Gasteiger partial charge is 0.227 e. The average molecular weight is 354 g/mol. The molecule has 3 aliphatic rings. The number of carbonyl (C=O) groups excluding carboxylic acids is 1. The molecule has 0 aromatic rings. The largest absolute Gasteiger partial charge is 0.379 e. The SMILES string of the molecule is Cl.Cl.O=C(C1CCCNC1)N1CCCC1CN1CCOCC1. The van der Waals surface area contributed by atoms with Crippen molar-refractivity contribution in [1.82, 2.24) is 15.1 Å². The van der Waals surface area contributed by atoms with Crippen LogP contribution >= 0.6 is 24.8 Å². The standard InChI is InChI=1S/C15H27N3O2.2ClH/c19-15(13-3-1-5-16-11-13)18-6-2-4-14(18)12-17-7-9-20-10-8-17;;/h13-14,16H,1-12H2;2*1H. The molecule has 0 bridgehead atoms. The molecule has 0 aromatic heterocycles. The molecular formula is C15H29Cl2N3O2. The van der Waals surface area contributed by atoms with Crippen LogP contribution in [0.1, 0.15) is 25.7 Å². The maximum Gasteiger partial charge on any atom is 0.227 e. The van der Waals surface area contributed by atoms with Gasteiger partial charge in [0.2, 0.25) is 5.91 Å². The predicted octanol–water partition coefficient (Wildman–Crippen LogP) is 1.15. The van der Waals surface area contributed by atoms with Crippen molar-refractivity contribution in [2.24, 2.45) is 5.92 Å². The third-order valence-electron chi connectivity index (χ3n) is 4.88. The summed E-state index contributed by atoms with van der Waals surface area (Å²) < 4.78 is 5.40. The number of hydrogen-bond acceptors (Lipinski definition) is 4. The molecule has 0 radical (unpaired) electrons. The van der Waals surface area contributed by atoms with E-state index < -0.39 is 0 Å². The molecule has 0 aliphatic carbocycles. The summed E-state index contributed by atoms with van der Waals surface area (Å²) in [7, 11) is 0. The molecule has 0 spiro atoms. The van der Waals surface area contributed by atoms with Gasteiger partial charge in [0.15, 0.2) is 0 Å². The molecule has 130 valence electrons. The molecule has 2 unspecified atom stereocenters. The van der Waals surface area contributed by atoms with E-state index in [1.807, 2.05) is 0 Å². The highest BCUT2D eigenvalue weighted by Gasteiger charge is 2.34. The van der Waals surface area contributed by atoms with Crippen LogP contribution in [0.4, 0.5) is 0 Å². The molecule has 3 heterocycles. The zero-order valence-corrected chi connectivity index (χ0v) is 14.8. The number of carbonyl (C=O) groups is 1. The summed E-state index contributed by atoms with van der Waals surface area (Å²) in [4.78, 5) is 17.3. The highest BCUT2D eigenvalue weighted by atomic mass is 35.5. The first-order chi connectivity index (χ1) is 9.84. The van der Waals surface area contributed by atoms with Crippen molar-refractivity contribution >= 4 is 30.7 Å². The number of ether oxygens (including phenoxy) is 1. The first kappa shape index (κ1) is 20.0. The van der Waals surface area contributed by atoms with Crippen LogP contribution in [0, 0.1) is 5.92 Å². The van der Waals surface area contributed by atoms with Gasteiger partial charge >= 0.3 is 0 Å². The third kappa shape index (κ3) is 4.96. The van der Waals surface area contributed by atoms with Crippen LogP contribution in [0.15, 0.2) is 0 Å². The van der Waals surface area contributed by atoms with Crippen molar-refractivity contribution in [1.29, 1.82) is 0 Å². The Kier molecular flexibility index (Phi) is 9.02. The van der Waals surface area contributed by atoms with E-state index in [9.17, 15) is 4.79 Å².